The van der Waals surface area contributed by atoms with E-state index < -0.39 is 0 Å². The molecule has 4 heteroatoms. The number of aromatic nitrogens is 1. The Morgan fingerprint density at radius 1 is 1.40 bits per heavy atom. The number of nitrogens with zero attached hydrogens (tertiary/aromatic N) is 1. The lowest BCUT2D eigenvalue weighted by atomic mass is 9.76. The van der Waals surface area contributed by atoms with E-state index in [4.69, 9.17) is 5.11 Å². The van der Waals surface area contributed by atoms with Gasteiger partial charge in [0.2, 0.25) is 0 Å². The Balaban J connectivity index is 1.98. The van der Waals surface area contributed by atoms with E-state index in [-0.39, 0.29) is 18.6 Å². The van der Waals surface area contributed by atoms with E-state index in [1.54, 1.807) is 13.1 Å². The van der Waals surface area contributed by atoms with E-state index in [0.717, 1.165) is 30.2 Å². The fraction of sp³-hybridized carbons (Fsp3) is 0.429. The predicted molar refractivity (Wildman–Crippen MR) is 101 cm³/mol. The van der Waals surface area contributed by atoms with Gasteiger partial charge in [-0.3, -0.25) is 9.78 Å². The SMILES string of the molecule is C[C@@H](CO)NC(=O)c1cnc2cccc(C3=CCC(C)(C)CC3)c2c1. The maximum absolute atomic E-state index is 12.4. The Morgan fingerprint density at radius 3 is 2.88 bits per heavy atom. The molecule has 1 aromatic heterocycles. The number of hydrogen-bond donors (Lipinski definition) is 2. The van der Waals surface area contributed by atoms with E-state index in [2.05, 4.69) is 36.3 Å². The molecular weight excluding hydrogens is 312 g/mol. The number of carbonyl (C=O) groups excluding carboxylic acids is 1. The van der Waals surface area contributed by atoms with Gasteiger partial charge in [0.05, 0.1) is 17.7 Å². The Hall–Kier alpha value is -2.20. The molecule has 0 radical (unpaired) electrons. The molecule has 0 aliphatic heterocycles. The first-order valence-corrected chi connectivity index (χ1v) is 8.89. The molecule has 2 N–H and O–H groups in total. The molecule has 0 saturated carbocycles. The summed E-state index contributed by atoms with van der Waals surface area (Å²) in [5, 5.41) is 12.9. The van der Waals surface area contributed by atoms with Crippen LogP contribution in [-0.4, -0.2) is 28.6 Å². The van der Waals surface area contributed by atoms with Gasteiger partial charge >= 0.3 is 0 Å². The number of rotatable bonds is 4. The van der Waals surface area contributed by atoms with Gasteiger partial charge in [-0.1, -0.05) is 32.1 Å². The second-order valence-electron chi connectivity index (χ2n) is 7.75. The number of fused-ring (bicyclic) bond motifs is 1. The van der Waals surface area contributed by atoms with Crippen LogP contribution in [0.15, 0.2) is 36.5 Å². The number of nitrogens with one attached hydrogen (secondary N) is 1. The van der Waals surface area contributed by atoms with Gasteiger partial charge in [0, 0.05) is 17.6 Å². The van der Waals surface area contributed by atoms with E-state index in [0.29, 0.717) is 11.0 Å². The summed E-state index contributed by atoms with van der Waals surface area (Å²) in [6.45, 7) is 6.29. The van der Waals surface area contributed by atoms with Crippen molar-refractivity contribution in [1.82, 2.24) is 10.3 Å². The van der Waals surface area contributed by atoms with Gasteiger partial charge in [-0.05, 0) is 54.9 Å². The zero-order valence-electron chi connectivity index (χ0n) is 15.2. The first-order chi connectivity index (χ1) is 11.9. The van der Waals surface area contributed by atoms with Gasteiger partial charge in [-0.25, -0.2) is 0 Å². The highest BCUT2D eigenvalue weighted by atomic mass is 16.3. The molecule has 25 heavy (non-hydrogen) atoms. The molecule has 1 aliphatic carbocycles. The first-order valence-electron chi connectivity index (χ1n) is 8.89. The zero-order chi connectivity index (χ0) is 18.0. The van der Waals surface area contributed by atoms with Crippen LogP contribution < -0.4 is 5.32 Å². The van der Waals surface area contributed by atoms with Gasteiger partial charge < -0.3 is 10.4 Å². The molecule has 0 spiro atoms. The molecule has 0 saturated heterocycles. The lowest BCUT2D eigenvalue weighted by Gasteiger charge is -2.29. The third-order valence-corrected chi connectivity index (χ3v) is 4.96. The smallest absolute Gasteiger partial charge is 0.253 e. The van der Waals surface area contributed by atoms with Gasteiger partial charge in [0.25, 0.3) is 5.91 Å². The maximum Gasteiger partial charge on any atom is 0.253 e. The highest BCUT2D eigenvalue weighted by Gasteiger charge is 2.23. The van der Waals surface area contributed by atoms with Crippen LogP contribution in [-0.2, 0) is 0 Å². The molecule has 2 aromatic rings. The van der Waals surface area contributed by atoms with Crippen molar-refractivity contribution in [2.45, 2.75) is 46.1 Å². The normalized spacial score (nSPS) is 17.8. The first kappa shape index (κ1) is 17.6. The number of hydrogen-bond acceptors (Lipinski definition) is 3. The summed E-state index contributed by atoms with van der Waals surface area (Å²) < 4.78 is 0. The summed E-state index contributed by atoms with van der Waals surface area (Å²) in [5.74, 6) is -0.204. The van der Waals surface area contributed by atoms with Crippen molar-refractivity contribution in [3.05, 3.63) is 47.7 Å². The molecular formula is C21H26N2O2. The largest absolute Gasteiger partial charge is 0.394 e. The van der Waals surface area contributed by atoms with Crippen LogP contribution in [0.1, 0.15) is 56.0 Å². The average molecular weight is 338 g/mol. The third-order valence-electron chi connectivity index (χ3n) is 4.96. The van der Waals surface area contributed by atoms with Gasteiger partial charge in [-0.15, -0.1) is 0 Å². The molecule has 0 bridgehead atoms. The Labute approximate surface area is 149 Å². The van der Waals surface area contributed by atoms with Crippen molar-refractivity contribution in [1.29, 1.82) is 0 Å². The topological polar surface area (TPSA) is 62.2 Å². The lowest BCUT2D eigenvalue weighted by Crippen LogP contribution is -2.35. The highest BCUT2D eigenvalue weighted by Crippen LogP contribution is 2.39. The van der Waals surface area contributed by atoms with Crippen LogP contribution >= 0.6 is 0 Å². The highest BCUT2D eigenvalue weighted by molar-refractivity contribution is 6.00. The second kappa shape index (κ2) is 6.96. The Kier molecular flexibility index (Phi) is 4.91. The summed E-state index contributed by atoms with van der Waals surface area (Å²) in [4.78, 5) is 16.8. The number of allylic oxidation sites excluding steroid dienone is 2. The van der Waals surface area contributed by atoms with Gasteiger partial charge in [-0.2, -0.15) is 0 Å². The molecule has 1 aromatic carbocycles. The number of amides is 1. The van der Waals surface area contributed by atoms with Gasteiger partial charge in [0.1, 0.15) is 0 Å². The number of benzene rings is 1. The molecule has 1 heterocycles. The van der Waals surface area contributed by atoms with Crippen LogP contribution in [0.5, 0.6) is 0 Å². The molecule has 1 aliphatic rings. The summed E-state index contributed by atoms with van der Waals surface area (Å²) in [5.41, 5.74) is 4.29. The van der Waals surface area contributed by atoms with Crippen molar-refractivity contribution in [2.75, 3.05) is 6.61 Å². The minimum atomic E-state index is -0.276. The molecule has 1 amide bonds. The van der Waals surface area contributed by atoms with Crippen LogP contribution in [0.3, 0.4) is 0 Å². The van der Waals surface area contributed by atoms with Crippen LogP contribution in [0.2, 0.25) is 0 Å². The summed E-state index contributed by atoms with van der Waals surface area (Å²) in [6, 6.07) is 7.76. The summed E-state index contributed by atoms with van der Waals surface area (Å²) in [7, 11) is 0. The van der Waals surface area contributed by atoms with Crippen molar-refractivity contribution in [3.8, 4) is 0 Å². The van der Waals surface area contributed by atoms with E-state index in [9.17, 15) is 4.79 Å². The van der Waals surface area contributed by atoms with Crippen molar-refractivity contribution in [2.24, 2.45) is 5.41 Å². The number of pyridine rings is 1. The van der Waals surface area contributed by atoms with Crippen molar-refractivity contribution in [3.63, 3.8) is 0 Å². The molecule has 1 atom stereocenters. The fourth-order valence-electron chi connectivity index (χ4n) is 3.23. The predicted octanol–water partition coefficient (Wildman–Crippen LogP) is 3.94. The fourth-order valence-corrected chi connectivity index (χ4v) is 3.23. The Bertz CT molecular complexity index is 824. The standard InChI is InChI=1S/C21H26N2O2/c1-14(13-24)23-20(25)16-11-18-17(5-4-6-19(18)22-12-16)15-7-9-21(2,3)10-8-15/h4-7,11-12,14,24H,8-10,13H2,1-3H3,(H,23,25)/t14-/m0/s1. The average Bonchev–Trinajstić information content (AvgIpc) is 2.60. The van der Waals surface area contributed by atoms with Crippen LogP contribution in [0.4, 0.5) is 0 Å². The van der Waals surface area contributed by atoms with Crippen LogP contribution in [0, 0.1) is 5.41 Å². The van der Waals surface area contributed by atoms with E-state index in [1.165, 1.54) is 11.1 Å². The molecule has 4 nitrogen and oxygen atoms in total. The maximum atomic E-state index is 12.4. The molecule has 0 unspecified atom stereocenters. The van der Waals surface area contributed by atoms with Crippen LogP contribution in [0.25, 0.3) is 16.5 Å². The quantitative estimate of drug-likeness (QED) is 0.887. The number of aliphatic hydroxyl groups is 1. The summed E-state index contributed by atoms with van der Waals surface area (Å²) >= 11 is 0. The zero-order valence-corrected chi connectivity index (χ0v) is 15.2. The molecule has 0 fully saturated rings. The minimum Gasteiger partial charge on any atom is -0.394 e. The summed E-state index contributed by atoms with van der Waals surface area (Å²) in [6.07, 6.45) is 7.21. The van der Waals surface area contributed by atoms with Gasteiger partial charge in [0.15, 0.2) is 0 Å². The van der Waals surface area contributed by atoms with E-state index in [1.807, 2.05) is 18.2 Å². The van der Waals surface area contributed by atoms with E-state index >= 15 is 0 Å². The lowest BCUT2D eigenvalue weighted by molar-refractivity contribution is 0.0922. The monoisotopic (exact) mass is 338 g/mol. The number of aliphatic hydroxyl groups excluding tert-OH is 1. The van der Waals surface area contributed by atoms with Crippen molar-refractivity contribution >= 4 is 22.4 Å². The minimum absolute atomic E-state index is 0.0827. The number of carbonyl (C=O) groups is 1. The van der Waals surface area contributed by atoms with Crippen molar-refractivity contribution < 1.29 is 9.90 Å². The second-order valence-corrected chi connectivity index (χ2v) is 7.75. The molecule has 132 valence electrons. The Morgan fingerprint density at radius 2 is 2.20 bits per heavy atom. The third kappa shape index (κ3) is 3.90. The molecule has 3 rings (SSSR count).